The number of hydrogen-bond donors (Lipinski definition) is 2. The molecule has 1 aliphatic rings. The first-order valence-corrected chi connectivity index (χ1v) is 6.65. The van der Waals surface area contributed by atoms with Crippen LogP contribution in [0.25, 0.3) is 0 Å². The first-order chi connectivity index (χ1) is 8.26. The lowest BCUT2D eigenvalue weighted by atomic mass is 10.3. The Kier molecular flexibility index (Phi) is 3.82. The van der Waals surface area contributed by atoms with Crippen LogP contribution in [0.2, 0.25) is 0 Å². The van der Waals surface area contributed by atoms with Gasteiger partial charge in [0.05, 0.1) is 0 Å². The largest absolute Gasteiger partial charge is 0.370 e. The summed E-state index contributed by atoms with van der Waals surface area (Å²) in [7, 11) is 0. The van der Waals surface area contributed by atoms with Gasteiger partial charge < -0.3 is 10.6 Å². The molecule has 4 nitrogen and oxygen atoms in total. The molecule has 17 heavy (non-hydrogen) atoms. The van der Waals surface area contributed by atoms with Crippen LogP contribution in [-0.4, -0.2) is 22.6 Å². The Hall–Kier alpha value is -1.32. The predicted molar refractivity (Wildman–Crippen MR) is 71.4 cm³/mol. The standard InChI is InChI=1S/C13H22N4/c1-4-9-7-10(9)15-13-8-12(14-6-3)16-11(5-2)17-13/h8-10H,4-7H2,1-3H3,(H2,14,15,16,17). The minimum atomic E-state index is 0.620. The van der Waals surface area contributed by atoms with Gasteiger partial charge in [-0.15, -0.1) is 0 Å². The summed E-state index contributed by atoms with van der Waals surface area (Å²) in [5.74, 6) is 3.63. The van der Waals surface area contributed by atoms with Gasteiger partial charge in [0, 0.05) is 25.1 Å². The van der Waals surface area contributed by atoms with Gasteiger partial charge in [0.15, 0.2) is 0 Å². The quantitative estimate of drug-likeness (QED) is 0.794. The van der Waals surface area contributed by atoms with Gasteiger partial charge in [0.1, 0.15) is 17.5 Å². The Morgan fingerprint density at radius 1 is 1.24 bits per heavy atom. The highest BCUT2D eigenvalue weighted by molar-refractivity contribution is 5.48. The summed E-state index contributed by atoms with van der Waals surface area (Å²) in [6.07, 6.45) is 3.40. The number of nitrogens with one attached hydrogen (secondary N) is 2. The molecular weight excluding hydrogens is 212 g/mol. The molecule has 2 N–H and O–H groups in total. The van der Waals surface area contributed by atoms with Gasteiger partial charge >= 0.3 is 0 Å². The third-order valence-electron chi connectivity index (χ3n) is 3.23. The maximum Gasteiger partial charge on any atom is 0.132 e. The highest BCUT2D eigenvalue weighted by atomic mass is 15.1. The predicted octanol–water partition coefficient (Wildman–Crippen LogP) is 2.68. The fourth-order valence-electron chi connectivity index (χ4n) is 2.07. The van der Waals surface area contributed by atoms with E-state index in [-0.39, 0.29) is 0 Å². The van der Waals surface area contributed by atoms with E-state index in [1.54, 1.807) is 0 Å². The summed E-state index contributed by atoms with van der Waals surface area (Å²) >= 11 is 0. The molecule has 1 saturated carbocycles. The molecule has 0 spiro atoms. The van der Waals surface area contributed by atoms with Crippen LogP contribution in [0.15, 0.2) is 6.07 Å². The third-order valence-corrected chi connectivity index (χ3v) is 3.23. The van der Waals surface area contributed by atoms with Crippen molar-refractivity contribution in [1.29, 1.82) is 0 Å². The van der Waals surface area contributed by atoms with Gasteiger partial charge in [-0.25, -0.2) is 9.97 Å². The first-order valence-electron chi connectivity index (χ1n) is 6.65. The van der Waals surface area contributed by atoms with Crippen LogP contribution in [0.5, 0.6) is 0 Å². The molecule has 4 heteroatoms. The molecule has 1 fully saturated rings. The van der Waals surface area contributed by atoms with Crippen LogP contribution in [0.1, 0.15) is 39.4 Å². The van der Waals surface area contributed by atoms with Crippen LogP contribution in [-0.2, 0) is 6.42 Å². The molecule has 0 amide bonds. The molecule has 0 aromatic carbocycles. The molecule has 0 aliphatic heterocycles. The molecule has 0 radical (unpaired) electrons. The fraction of sp³-hybridized carbons (Fsp3) is 0.692. The molecule has 1 aromatic rings. The number of rotatable bonds is 6. The summed E-state index contributed by atoms with van der Waals surface area (Å²) in [5, 5.41) is 6.75. The second-order valence-corrected chi connectivity index (χ2v) is 4.59. The molecule has 1 aromatic heterocycles. The lowest BCUT2D eigenvalue weighted by Crippen LogP contribution is -2.10. The van der Waals surface area contributed by atoms with E-state index in [1.165, 1.54) is 12.8 Å². The number of aromatic nitrogens is 2. The van der Waals surface area contributed by atoms with Crippen molar-refractivity contribution in [3.8, 4) is 0 Å². The summed E-state index contributed by atoms with van der Waals surface area (Å²) in [5.41, 5.74) is 0. The van der Waals surface area contributed by atoms with Gasteiger partial charge in [-0.2, -0.15) is 0 Å². The normalized spacial score (nSPS) is 22.3. The van der Waals surface area contributed by atoms with Crippen molar-refractivity contribution in [1.82, 2.24) is 9.97 Å². The Labute approximate surface area is 103 Å². The highest BCUT2D eigenvalue weighted by Gasteiger charge is 2.35. The van der Waals surface area contributed by atoms with Crippen molar-refractivity contribution in [3.05, 3.63) is 11.9 Å². The maximum absolute atomic E-state index is 4.52. The monoisotopic (exact) mass is 234 g/mol. The lowest BCUT2D eigenvalue weighted by Gasteiger charge is -2.09. The average molecular weight is 234 g/mol. The Morgan fingerprint density at radius 3 is 2.59 bits per heavy atom. The van der Waals surface area contributed by atoms with Crippen molar-refractivity contribution < 1.29 is 0 Å². The van der Waals surface area contributed by atoms with Crippen molar-refractivity contribution in [2.45, 2.75) is 46.1 Å². The van der Waals surface area contributed by atoms with Crippen molar-refractivity contribution in [2.75, 3.05) is 17.2 Å². The van der Waals surface area contributed by atoms with E-state index in [0.717, 1.165) is 36.3 Å². The minimum Gasteiger partial charge on any atom is -0.370 e. The van der Waals surface area contributed by atoms with E-state index in [4.69, 9.17) is 0 Å². The number of hydrogen-bond acceptors (Lipinski definition) is 4. The van der Waals surface area contributed by atoms with E-state index in [2.05, 4.69) is 41.4 Å². The third kappa shape index (κ3) is 3.08. The maximum atomic E-state index is 4.52. The number of nitrogens with zero attached hydrogens (tertiary/aromatic N) is 2. The Balaban J connectivity index is 2.07. The first kappa shape index (κ1) is 12.1. The number of anilines is 2. The smallest absolute Gasteiger partial charge is 0.132 e. The molecule has 1 heterocycles. The zero-order chi connectivity index (χ0) is 12.3. The zero-order valence-corrected chi connectivity index (χ0v) is 11.0. The molecule has 2 unspecified atom stereocenters. The summed E-state index contributed by atoms with van der Waals surface area (Å²) in [6, 6.07) is 2.63. The molecule has 0 saturated heterocycles. The SMILES string of the molecule is CCNc1cc(NC2CC2CC)nc(CC)n1. The van der Waals surface area contributed by atoms with Crippen LogP contribution >= 0.6 is 0 Å². The second-order valence-electron chi connectivity index (χ2n) is 4.59. The van der Waals surface area contributed by atoms with Crippen molar-refractivity contribution in [2.24, 2.45) is 5.92 Å². The molecule has 1 aliphatic carbocycles. The average Bonchev–Trinajstić information content (AvgIpc) is 3.07. The zero-order valence-electron chi connectivity index (χ0n) is 11.0. The van der Waals surface area contributed by atoms with E-state index in [9.17, 15) is 0 Å². The van der Waals surface area contributed by atoms with E-state index in [0.29, 0.717) is 6.04 Å². The fourth-order valence-corrected chi connectivity index (χ4v) is 2.07. The number of aryl methyl sites for hydroxylation is 1. The molecule has 2 atom stereocenters. The van der Waals surface area contributed by atoms with Gasteiger partial charge in [0.25, 0.3) is 0 Å². The summed E-state index contributed by atoms with van der Waals surface area (Å²) in [4.78, 5) is 8.97. The molecule has 2 rings (SSSR count). The molecule has 94 valence electrons. The van der Waals surface area contributed by atoms with Crippen LogP contribution in [0.3, 0.4) is 0 Å². The van der Waals surface area contributed by atoms with Gasteiger partial charge in [-0.3, -0.25) is 0 Å². The van der Waals surface area contributed by atoms with Gasteiger partial charge in [-0.05, 0) is 19.3 Å². The topological polar surface area (TPSA) is 49.8 Å². The van der Waals surface area contributed by atoms with Crippen LogP contribution < -0.4 is 10.6 Å². The lowest BCUT2D eigenvalue weighted by molar-refractivity contribution is 0.772. The molecule has 0 bridgehead atoms. The van der Waals surface area contributed by atoms with E-state index < -0.39 is 0 Å². The summed E-state index contributed by atoms with van der Waals surface area (Å²) in [6.45, 7) is 7.30. The van der Waals surface area contributed by atoms with E-state index >= 15 is 0 Å². The summed E-state index contributed by atoms with van der Waals surface area (Å²) < 4.78 is 0. The van der Waals surface area contributed by atoms with Gasteiger partial charge in [0.2, 0.25) is 0 Å². The second kappa shape index (κ2) is 5.34. The van der Waals surface area contributed by atoms with Crippen molar-refractivity contribution >= 4 is 11.6 Å². The van der Waals surface area contributed by atoms with Crippen LogP contribution in [0.4, 0.5) is 11.6 Å². The molecular formula is C13H22N4. The minimum absolute atomic E-state index is 0.620. The van der Waals surface area contributed by atoms with Crippen LogP contribution in [0, 0.1) is 5.92 Å². The highest BCUT2D eigenvalue weighted by Crippen LogP contribution is 2.35. The Bertz CT molecular complexity index is 378. The van der Waals surface area contributed by atoms with Gasteiger partial charge in [-0.1, -0.05) is 20.3 Å². The van der Waals surface area contributed by atoms with Crippen molar-refractivity contribution in [3.63, 3.8) is 0 Å². The van der Waals surface area contributed by atoms with E-state index in [1.807, 2.05) is 6.07 Å². The Morgan fingerprint density at radius 2 is 2.00 bits per heavy atom.